The number of aromatic nitrogens is 4. The number of benzene rings is 2. The lowest BCUT2D eigenvalue weighted by Gasteiger charge is -2.26. The van der Waals surface area contributed by atoms with Crippen LogP contribution in [0.5, 0.6) is 0 Å². The van der Waals surface area contributed by atoms with Gasteiger partial charge in [0.1, 0.15) is 23.6 Å². The van der Waals surface area contributed by atoms with E-state index in [2.05, 4.69) is 26.5 Å². The molecule has 2 aromatic carbocycles. The predicted octanol–water partition coefficient (Wildman–Crippen LogP) is 9.86. The molecule has 2 heterocycles. The maximum atomic E-state index is 14.4. The molecule has 2 aromatic heterocycles. The smallest absolute Gasteiger partial charge is 0.148 e. The second-order valence-electron chi connectivity index (χ2n) is 14.1. The lowest BCUT2D eigenvalue weighted by atomic mass is 9.78. The summed E-state index contributed by atoms with van der Waals surface area (Å²) in [4.78, 5) is 23.3. The molecule has 7 nitrogen and oxygen atoms in total. The Morgan fingerprint density at radius 2 is 1.23 bits per heavy atom. The van der Waals surface area contributed by atoms with Crippen LogP contribution >= 0.6 is 11.6 Å². The molecule has 2 atom stereocenters. The van der Waals surface area contributed by atoms with Crippen molar-refractivity contribution in [3.63, 3.8) is 0 Å². The summed E-state index contributed by atoms with van der Waals surface area (Å²) in [5.41, 5.74) is 5.37. The van der Waals surface area contributed by atoms with Gasteiger partial charge in [0, 0.05) is 36.5 Å². The number of halogens is 3. The molecule has 0 radical (unpaired) electrons. The van der Waals surface area contributed by atoms with Crippen molar-refractivity contribution in [2.24, 2.45) is 11.8 Å². The Morgan fingerprint density at radius 1 is 0.731 bits per heavy atom. The van der Waals surface area contributed by atoms with Gasteiger partial charge in [0.25, 0.3) is 0 Å². The average Bonchev–Trinajstić information content (AvgIpc) is 3.19. The molecular weight excluding hydrogens is 680 g/mol. The Labute approximate surface area is 310 Å². The Kier molecular flexibility index (Phi) is 14.1. The zero-order valence-corrected chi connectivity index (χ0v) is 30.6. The largest absolute Gasteiger partial charge is 0.300 e. The SMILES string of the molecule is CC(=O)C1CCC(c2ccc(C(Cl)Cc3ccc(C#N)cc3)nn2)CC1.CCC(=O)C1CCC(c2ccc(C(F)Cc3ccc(F)cc3)nn2)CC1. The van der Waals surface area contributed by atoms with Gasteiger partial charge in [0.2, 0.25) is 0 Å². The number of hydrogen-bond donors (Lipinski definition) is 0. The van der Waals surface area contributed by atoms with Gasteiger partial charge in [-0.15, -0.1) is 11.6 Å². The van der Waals surface area contributed by atoms with Crippen LogP contribution < -0.4 is 0 Å². The topological polar surface area (TPSA) is 109 Å². The molecule has 272 valence electrons. The lowest BCUT2D eigenvalue weighted by Crippen LogP contribution is -2.21. The maximum Gasteiger partial charge on any atom is 0.148 e. The maximum absolute atomic E-state index is 14.4. The van der Waals surface area contributed by atoms with E-state index in [4.69, 9.17) is 16.9 Å². The van der Waals surface area contributed by atoms with Crippen LogP contribution in [-0.4, -0.2) is 32.0 Å². The van der Waals surface area contributed by atoms with E-state index in [9.17, 15) is 18.4 Å². The Hall–Kier alpha value is -4.42. The third-order valence-corrected chi connectivity index (χ3v) is 10.9. The van der Waals surface area contributed by atoms with E-state index < -0.39 is 6.17 Å². The number of carbonyl (C=O) groups excluding carboxylic acids is 2. The Bertz CT molecular complexity index is 1780. The van der Waals surface area contributed by atoms with E-state index in [1.807, 2.05) is 37.3 Å². The molecule has 2 saturated carbocycles. The molecule has 6 rings (SSSR count). The van der Waals surface area contributed by atoms with Gasteiger partial charge >= 0.3 is 0 Å². The van der Waals surface area contributed by atoms with Crippen LogP contribution in [0, 0.1) is 29.0 Å². The monoisotopic (exact) mass is 725 g/mol. The van der Waals surface area contributed by atoms with Crippen molar-refractivity contribution in [1.82, 2.24) is 20.4 Å². The summed E-state index contributed by atoms with van der Waals surface area (Å²) in [6.07, 6.45) is 7.67. The number of carbonyl (C=O) groups is 2. The Balaban J connectivity index is 0.000000201. The van der Waals surface area contributed by atoms with Crippen LogP contribution in [0.25, 0.3) is 0 Å². The third-order valence-electron chi connectivity index (χ3n) is 10.5. The van der Waals surface area contributed by atoms with E-state index in [1.54, 1.807) is 37.3 Å². The van der Waals surface area contributed by atoms with Crippen molar-refractivity contribution >= 4 is 23.2 Å². The highest BCUT2D eigenvalue weighted by Crippen LogP contribution is 2.37. The average molecular weight is 726 g/mol. The van der Waals surface area contributed by atoms with Gasteiger partial charge in [-0.3, -0.25) is 9.59 Å². The van der Waals surface area contributed by atoms with E-state index >= 15 is 0 Å². The van der Waals surface area contributed by atoms with Gasteiger partial charge in [-0.05, 0) is 124 Å². The van der Waals surface area contributed by atoms with Crippen molar-refractivity contribution in [3.05, 3.63) is 118 Å². The zero-order chi connectivity index (χ0) is 37.0. The Morgan fingerprint density at radius 3 is 1.71 bits per heavy atom. The molecule has 2 unspecified atom stereocenters. The van der Waals surface area contributed by atoms with E-state index in [-0.39, 0.29) is 29.5 Å². The first kappa shape index (κ1) is 38.8. The summed E-state index contributed by atoms with van der Waals surface area (Å²) in [6.45, 7) is 3.60. The quantitative estimate of drug-likeness (QED) is 0.142. The minimum Gasteiger partial charge on any atom is -0.300 e. The number of alkyl halides is 2. The van der Waals surface area contributed by atoms with Crippen molar-refractivity contribution in [2.45, 2.75) is 108 Å². The molecule has 2 fully saturated rings. The van der Waals surface area contributed by atoms with Crippen molar-refractivity contribution in [3.8, 4) is 6.07 Å². The zero-order valence-electron chi connectivity index (χ0n) is 29.9. The highest BCUT2D eigenvalue weighted by molar-refractivity contribution is 6.20. The van der Waals surface area contributed by atoms with E-state index in [0.717, 1.165) is 79.6 Å². The molecular formula is C42H46ClF2N5O2. The van der Waals surface area contributed by atoms with Crippen LogP contribution in [0.2, 0.25) is 0 Å². The number of Topliss-reactive ketones (excluding diaryl/α,β-unsaturated/α-hetero) is 2. The van der Waals surface area contributed by atoms with Crippen LogP contribution in [0.15, 0.2) is 72.8 Å². The molecule has 0 amide bonds. The van der Waals surface area contributed by atoms with E-state index in [0.29, 0.717) is 47.5 Å². The number of rotatable bonds is 11. The number of hydrogen-bond acceptors (Lipinski definition) is 7. The first-order chi connectivity index (χ1) is 25.1. The second kappa shape index (κ2) is 18.9. The summed E-state index contributed by atoms with van der Waals surface area (Å²) in [5.74, 6) is 1.42. The van der Waals surface area contributed by atoms with Gasteiger partial charge in [0.15, 0.2) is 0 Å². The molecule has 10 heteroatoms. The van der Waals surface area contributed by atoms with Gasteiger partial charge in [0.05, 0.1) is 39.8 Å². The molecule has 4 aromatic rings. The van der Waals surface area contributed by atoms with Gasteiger partial charge in [-0.25, -0.2) is 8.78 Å². The second-order valence-corrected chi connectivity index (χ2v) is 14.6. The molecule has 0 aliphatic heterocycles. The standard InChI is InChI=1S/C21H22ClN3O.C21H24F2N2O/c1-14(26)17-6-8-18(9-7-17)20-10-11-21(25-24-20)19(22)12-15-2-4-16(13-23)5-3-15;1-2-21(26)16-7-5-15(6-8-16)19-11-12-20(25-24-19)18(23)13-14-3-9-17(22)10-4-14/h2-5,10-11,17-19H,6-9,12H2,1H3;3-4,9-12,15-16,18H,2,5-8,13H2,1H3. The summed E-state index contributed by atoms with van der Waals surface area (Å²) < 4.78 is 27.4. The first-order valence-corrected chi connectivity index (χ1v) is 18.8. The van der Waals surface area contributed by atoms with Crippen molar-refractivity contribution < 1.29 is 18.4 Å². The fraction of sp³-hybridized carbons (Fsp3) is 0.452. The van der Waals surface area contributed by atoms with Gasteiger partial charge in [-0.2, -0.15) is 25.7 Å². The minimum absolute atomic E-state index is 0.151. The highest BCUT2D eigenvalue weighted by Gasteiger charge is 2.28. The molecule has 0 spiro atoms. The predicted molar refractivity (Wildman–Crippen MR) is 197 cm³/mol. The van der Waals surface area contributed by atoms with E-state index in [1.165, 1.54) is 12.1 Å². The van der Waals surface area contributed by atoms with Gasteiger partial charge < -0.3 is 0 Å². The minimum atomic E-state index is -1.26. The van der Waals surface area contributed by atoms with Crippen LogP contribution in [0.1, 0.15) is 134 Å². The number of ketones is 2. The molecule has 2 aliphatic carbocycles. The summed E-state index contributed by atoms with van der Waals surface area (Å²) >= 11 is 6.50. The summed E-state index contributed by atoms with van der Waals surface area (Å²) in [6, 6.07) is 22.9. The number of nitrogens with zero attached hydrogens (tertiary/aromatic N) is 5. The molecule has 0 saturated heterocycles. The molecule has 0 N–H and O–H groups in total. The molecule has 52 heavy (non-hydrogen) atoms. The fourth-order valence-electron chi connectivity index (χ4n) is 7.23. The highest BCUT2D eigenvalue weighted by atomic mass is 35.5. The normalized spacial score (nSPS) is 21.2. The van der Waals surface area contributed by atoms with Gasteiger partial charge in [-0.1, -0.05) is 31.2 Å². The lowest BCUT2D eigenvalue weighted by molar-refractivity contribution is -0.123. The summed E-state index contributed by atoms with van der Waals surface area (Å²) in [7, 11) is 0. The summed E-state index contributed by atoms with van der Waals surface area (Å²) in [5, 5.41) is 25.6. The number of nitriles is 1. The van der Waals surface area contributed by atoms with Crippen LogP contribution in [-0.2, 0) is 22.4 Å². The fourth-order valence-corrected chi connectivity index (χ4v) is 7.52. The van der Waals surface area contributed by atoms with Crippen molar-refractivity contribution in [2.75, 3.05) is 0 Å². The molecule has 0 bridgehead atoms. The van der Waals surface area contributed by atoms with Crippen molar-refractivity contribution in [1.29, 1.82) is 5.26 Å². The third kappa shape index (κ3) is 10.8. The first-order valence-electron chi connectivity index (χ1n) is 18.3. The van der Waals surface area contributed by atoms with Crippen LogP contribution in [0.3, 0.4) is 0 Å². The molecule has 2 aliphatic rings. The van der Waals surface area contributed by atoms with Crippen LogP contribution in [0.4, 0.5) is 8.78 Å².